The number of likely N-dealkylation sites (tertiary alicyclic amines) is 1. The molecule has 1 amide bonds. The predicted octanol–water partition coefficient (Wildman–Crippen LogP) is 3.52. The third-order valence-corrected chi connectivity index (χ3v) is 4.63. The number of carbonyl (C=O) groups excluding carboxylic acids is 1. The van der Waals surface area contributed by atoms with Gasteiger partial charge in [-0.15, -0.1) is 0 Å². The van der Waals surface area contributed by atoms with Gasteiger partial charge >= 0.3 is 6.09 Å². The average Bonchev–Trinajstić information content (AvgIpc) is 2.22. The first-order valence-electron chi connectivity index (χ1n) is 7.60. The molecule has 1 aliphatic heterocycles. The lowest BCUT2D eigenvalue weighted by molar-refractivity contribution is -0.0851. The number of ether oxygens (including phenoxy) is 2. The minimum absolute atomic E-state index is 0.317. The summed E-state index contributed by atoms with van der Waals surface area (Å²) in [6.45, 7) is 17.4. The summed E-state index contributed by atoms with van der Waals surface area (Å²) in [6.07, 6.45) is -0.317. The van der Waals surface area contributed by atoms with Crippen LogP contribution in [-0.4, -0.2) is 50.5 Å². The lowest BCUT2D eigenvalue weighted by Crippen LogP contribution is -2.64. The van der Waals surface area contributed by atoms with Gasteiger partial charge in [-0.25, -0.2) is 4.79 Å². The molecule has 0 aliphatic carbocycles. The summed E-state index contributed by atoms with van der Waals surface area (Å²) in [5.74, 6) is 6.28. The number of carbonyl (C=O) groups is 1. The van der Waals surface area contributed by atoms with Crippen molar-refractivity contribution in [2.75, 3.05) is 20.2 Å². The maximum atomic E-state index is 12.0. The van der Waals surface area contributed by atoms with Crippen LogP contribution in [0, 0.1) is 11.8 Å². The van der Waals surface area contributed by atoms with Crippen molar-refractivity contribution >= 4 is 14.2 Å². The van der Waals surface area contributed by atoms with Gasteiger partial charge in [-0.1, -0.05) is 38.1 Å². The molecule has 1 saturated heterocycles. The fraction of sp³-hybridized carbons (Fsp3) is 0.706. The summed E-state index contributed by atoms with van der Waals surface area (Å²) in [7, 11) is 0.423. The lowest BCUT2D eigenvalue weighted by atomic mass is 9.94. The number of amides is 1. The molecule has 0 atom stereocenters. The minimum Gasteiger partial charge on any atom is -0.444 e. The van der Waals surface area contributed by atoms with Crippen LogP contribution < -0.4 is 0 Å². The van der Waals surface area contributed by atoms with Crippen molar-refractivity contribution < 1.29 is 14.3 Å². The van der Waals surface area contributed by atoms with Gasteiger partial charge in [-0.05, 0) is 32.4 Å². The predicted molar refractivity (Wildman–Crippen MR) is 92.6 cm³/mol. The number of allylic oxidation sites excluding steroid dienone is 1. The maximum absolute atomic E-state index is 12.0. The van der Waals surface area contributed by atoms with Crippen LogP contribution in [0.4, 0.5) is 4.79 Å². The molecular weight excluding hydrogens is 294 g/mol. The minimum atomic E-state index is -1.20. The van der Waals surface area contributed by atoms with E-state index < -0.39 is 19.3 Å². The third-order valence-electron chi connectivity index (χ3n) is 3.15. The second-order valence-corrected chi connectivity index (χ2v) is 13.6. The summed E-state index contributed by atoms with van der Waals surface area (Å²) in [5, 5.41) is 0. The average molecular weight is 324 g/mol. The van der Waals surface area contributed by atoms with Crippen LogP contribution in [0.5, 0.6) is 0 Å². The molecule has 124 valence electrons. The van der Waals surface area contributed by atoms with Gasteiger partial charge in [0.25, 0.3) is 0 Å². The summed E-state index contributed by atoms with van der Waals surface area (Å²) in [4.78, 5) is 13.6. The molecular formula is C17H29NO3Si. The van der Waals surface area contributed by atoms with Crippen LogP contribution in [0.15, 0.2) is 12.2 Å². The van der Waals surface area contributed by atoms with E-state index in [1.807, 2.05) is 20.8 Å². The number of methoxy groups -OCH3 is 1. The number of rotatable bonds is 3. The first-order chi connectivity index (χ1) is 9.86. The molecule has 4 nitrogen and oxygen atoms in total. The largest absolute Gasteiger partial charge is 0.444 e. The van der Waals surface area contributed by atoms with Gasteiger partial charge in [0.1, 0.15) is 5.60 Å². The molecule has 0 N–H and O–H groups in total. The first kappa shape index (κ1) is 18.8. The Labute approximate surface area is 135 Å². The number of hydrogen-bond acceptors (Lipinski definition) is 3. The highest BCUT2D eigenvalue weighted by molar-refractivity contribution is 6.76. The molecule has 0 spiro atoms. The van der Waals surface area contributed by atoms with Crippen LogP contribution in [-0.2, 0) is 9.47 Å². The SMILES string of the molecule is C=C(C#CC1(OC)CN(C(=O)OC(C)(C)C)C1)C[Si](C)(C)C. The molecule has 0 bridgehead atoms. The summed E-state index contributed by atoms with van der Waals surface area (Å²) in [5.41, 5.74) is -0.120. The van der Waals surface area contributed by atoms with Gasteiger partial charge in [0.2, 0.25) is 0 Å². The first-order valence-corrected chi connectivity index (χ1v) is 11.3. The molecule has 0 saturated carbocycles. The second kappa shape index (κ2) is 6.47. The van der Waals surface area contributed by atoms with Crippen molar-refractivity contribution in [1.82, 2.24) is 4.90 Å². The summed E-state index contributed by atoms with van der Waals surface area (Å²) < 4.78 is 10.9. The van der Waals surface area contributed by atoms with Gasteiger partial charge < -0.3 is 14.4 Å². The molecule has 1 aliphatic rings. The Kier molecular flexibility index (Phi) is 5.53. The molecule has 0 radical (unpaired) electrons. The van der Waals surface area contributed by atoms with Crippen molar-refractivity contribution in [2.45, 2.75) is 57.7 Å². The Morgan fingerprint density at radius 2 is 1.86 bits per heavy atom. The fourth-order valence-corrected chi connectivity index (χ4v) is 3.54. The van der Waals surface area contributed by atoms with E-state index in [4.69, 9.17) is 9.47 Å². The van der Waals surface area contributed by atoms with Crippen LogP contribution >= 0.6 is 0 Å². The van der Waals surface area contributed by atoms with E-state index in [2.05, 4.69) is 38.1 Å². The molecule has 22 heavy (non-hydrogen) atoms. The van der Waals surface area contributed by atoms with Crippen LogP contribution in [0.1, 0.15) is 20.8 Å². The van der Waals surface area contributed by atoms with Crippen molar-refractivity contribution in [3.05, 3.63) is 12.2 Å². The van der Waals surface area contributed by atoms with E-state index in [-0.39, 0.29) is 6.09 Å². The van der Waals surface area contributed by atoms with Gasteiger partial charge in [0.15, 0.2) is 5.60 Å². The summed E-state index contributed by atoms with van der Waals surface area (Å²) in [6, 6.07) is 0.982. The van der Waals surface area contributed by atoms with Crippen LogP contribution in [0.25, 0.3) is 0 Å². The highest BCUT2D eigenvalue weighted by atomic mass is 28.3. The quantitative estimate of drug-likeness (QED) is 0.589. The fourth-order valence-electron chi connectivity index (χ4n) is 2.17. The second-order valence-electron chi connectivity index (χ2n) is 8.13. The number of nitrogens with zero attached hydrogens (tertiary/aromatic N) is 1. The highest BCUT2D eigenvalue weighted by Crippen LogP contribution is 2.26. The Morgan fingerprint density at radius 3 is 2.27 bits per heavy atom. The van der Waals surface area contributed by atoms with Crippen molar-refractivity contribution in [3.8, 4) is 11.8 Å². The van der Waals surface area contributed by atoms with E-state index in [0.717, 1.165) is 11.6 Å². The van der Waals surface area contributed by atoms with Crippen molar-refractivity contribution in [2.24, 2.45) is 0 Å². The zero-order valence-electron chi connectivity index (χ0n) is 15.0. The molecule has 0 aromatic rings. The monoisotopic (exact) mass is 323 g/mol. The topological polar surface area (TPSA) is 38.8 Å². The molecule has 1 fully saturated rings. The van der Waals surface area contributed by atoms with E-state index in [0.29, 0.717) is 13.1 Å². The van der Waals surface area contributed by atoms with Crippen molar-refractivity contribution in [1.29, 1.82) is 0 Å². The smallest absolute Gasteiger partial charge is 0.410 e. The van der Waals surface area contributed by atoms with Crippen molar-refractivity contribution in [3.63, 3.8) is 0 Å². The zero-order chi connectivity index (χ0) is 17.2. The van der Waals surface area contributed by atoms with Crippen LogP contribution in [0.3, 0.4) is 0 Å². The van der Waals surface area contributed by atoms with E-state index in [1.54, 1.807) is 12.0 Å². The Morgan fingerprint density at radius 1 is 1.32 bits per heavy atom. The van der Waals surface area contributed by atoms with E-state index in [1.165, 1.54) is 0 Å². The molecule has 0 aromatic heterocycles. The molecule has 0 unspecified atom stereocenters. The number of hydrogen-bond donors (Lipinski definition) is 0. The van der Waals surface area contributed by atoms with Gasteiger partial charge in [0.05, 0.1) is 13.1 Å². The zero-order valence-corrected chi connectivity index (χ0v) is 16.0. The molecule has 5 heteroatoms. The van der Waals surface area contributed by atoms with E-state index in [9.17, 15) is 4.79 Å². The standard InChI is InChI=1S/C17H29NO3Si/c1-14(11-22(6,7)8)9-10-17(20-5)12-18(13-17)15(19)21-16(2,3)4/h1,11-13H2,2-8H3. The van der Waals surface area contributed by atoms with E-state index >= 15 is 0 Å². The Hall–Kier alpha value is -1.25. The van der Waals surface area contributed by atoms with Crippen LogP contribution in [0.2, 0.25) is 25.7 Å². The lowest BCUT2D eigenvalue weighted by Gasteiger charge is -2.45. The third kappa shape index (κ3) is 5.86. The van der Waals surface area contributed by atoms with Gasteiger partial charge in [0, 0.05) is 15.2 Å². The molecule has 1 rings (SSSR count). The van der Waals surface area contributed by atoms with Gasteiger partial charge in [-0.3, -0.25) is 0 Å². The van der Waals surface area contributed by atoms with Gasteiger partial charge in [-0.2, -0.15) is 0 Å². The molecule has 0 aromatic carbocycles. The molecule has 1 heterocycles. The Bertz CT molecular complexity index is 497. The Balaban J connectivity index is 2.62. The summed E-state index contributed by atoms with van der Waals surface area (Å²) >= 11 is 0. The highest BCUT2D eigenvalue weighted by Gasteiger charge is 2.46. The normalized spacial score (nSPS) is 17.1. The maximum Gasteiger partial charge on any atom is 0.410 e.